The van der Waals surface area contributed by atoms with Gasteiger partial charge < -0.3 is 9.47 Å². The van der Waals surface area contributed by atoms with E-state index >= 15 is 0 Å². The summed E-state index contributed by atoms with van der Waals surface area (Å²) < 4.78 is 9.73. The second-order valence-electron chi connectivity index (χ2n) is 3.58. The zero-order valence-electron chi connectivity index (χ0n) is 10.1. The number of carbonyl (C=O) groups is 2. The Kier molecular flexibility index (Phi) is 5.20. The second-order valence-corrected chi connectivity index (χ2v) is 3.58. The molecule has 0 amide bonds. The number of hydrogen-bond donors (Lipinski definition) is 0. The van der Waals surface area contributed by atoms with Crippen molar-refractivity contribution in [1.29, 1.82) is 0 Å². The van der Waals surface area contributed by atoms with Crippen LogP contribution in [0.3, 0.4) is 0 Å². The lowest BCUT2D eigenvalue weighted by Gasteiger charge is -2.05. The van der Waals surface area contributed by atoms with E-state index in [9.17, 15) is 9.59 Å². The van der Waals surface area contributed by atoms with E-state index in [4.69, 9.17) is 9.47 Å². The lowest BCUT2D eigenvalue weighted by Crippen LogP contribution is -2.13. The van der Waals surface area contributed by atoms with Crippen molar-refractivity contribution in [2.24, 2.45) is 0 Å². The first kappa shape index (κ1) is 13.2. The van der Waals surface area contributed by atoms with Crippen molar-refractivity contribution in [3.05, 3.63) is 35.4 Å². The van der Waals surface area contributed by atoms with Crippen molar-refractivity contribution in [3.8, 4) is 0 Å². The zero-order valence-corrected chi connectivity index (χ0v) is 10.1. The van der Waals surface area contributed by atoms with Crippen LogP contribution in [0, 0.1) is 6.92 Å². The predicted molar refractivity (Wildman–Crippen MR) is 62.7 cm³/mol. The average molecular weight is 236 g/mol. The Morgan fingerprint density at radius 1 is 1.06 bits per heavy atom. The molecule has 0 aliphatic heterocycles. The van der Waals surface area contributed by atoms with E-state index in [-0.39, 0.29) is 19.2 Å². The Balaban J connectivity index is 2.30. The molecule has 17 heavy (non-hydrogen) atoms. The van der Waals surface area contributed by atoms with Crippen molar-refractivity contribution < 1.29 is 19.1 Å². The van der Waals surface area contributed by atoms with E-state index in [1.165, 1.54) is 0 Å². The molecule has 0 heterocycles. The molecular weight excluding hydrogens is 220 g/mol. The summed E-state index contributed by atoms with van der Waals surface area (Å²) in [6.45, 7) is 3.84. The maximum absolute atomic E-state index is 11.5. The molecule has 0 aromatic heterocycles. The van der Waals surface area contributed by atoms with Gasteiger partial charge in [0.2, 0.25) is 0 Å². The van der Waals surface area contributed by atoms with E-state index in [2.05, 4.69) is 0 Å². The summed E-state index contributed by atoms with van der Waals surface area (Å²) in [5.74, 6) is -0.700. The van der Waals surface area contributed by atoms with Gasteiger partial charge in [0.05, 0.1) is 5.56 Å². The van der Waals surface area contributed by atoms with Crippen LogP contribution < -0.4 is 0 Å². The summed E-state index contributed by atoms with van der Waals surface area (Å²) in [6.07, 6.45) is 0.325. The van der Waals surface area contributed by atoms with Crippen molar-refractivity contribution in [2.45, 2.75) is 20.3 Å². The molecule has 0 aliphatic rings. The molecule has 0 radical (unpaired) electrons. The van der Waals surface area contributed by atoms with Gasteiger partial charge in [-0.3, -0.25) is 4.79 Å². The third-order valence-corrected chi connectivity index (χ3v) is 2.16. The van der Waals surface area contributed by atoms with Gasteiger partial charge in [-0.05, 0) is 19.1 Å². The van der Waals surface area contributed by atoms with Crippen LogP contribution in [-0.2, 0) is 14.3 Å². The molecule has 0 atom stereocenters. The molecule has 0 fully saturated rings. The molecular formula is C13H16O4. The number of rotatable bonds is 5. The summed E-state index contributed by atoms with van der Waals surface area (Å²) in [5, 5.41) is 0. The molecule has 1 aromatic carbocycles. The van der Waals surface area contributed by atoms with E-state index in [0.717, 1.165) is 5.56 Å². The van der Waals surface area contributed by atoms with Gasteiger partial charge in [-0.2, -0.15) is 0 Å². The quantitative estimate of drug-likeness (QED) is 0.580. The smallest absolute Gasteiger partial charge is 0.338 e. The van der Waals surface area contributed by atoms with Gasteiger partial charge in [0.25, 0.3) is 0 Å². The minimum absolute atomic E-state index is 0.0818. The van der Waals surface area contributed by atoms with Crippen LogP contribution >= 0.6 is 0 Å². The number of benzene rings is 1. The molecule has 0 N–H and O–H groups in total. The topological polar surface area (TPSA) is 52.6 Å². The molecule has 0 aliphatic carbocycles. The SMILES string of the molecule is CCC(=O)OCCOC(=O)c1ccc(C)cc1. The number of ether oxygens (including phenoxy) is 2. The highest BCUT2D eigenvalue weighted by atomic mass is 16.6. The Morgan fingerprint density at radius 2 is 1.65 bits per heavy atom. The predicted octanol–water partition coefficient (Wildman–Crippen LogP) is 2.11. The van der Waals surface area contributed by atoms with Crippen molar-refractivity contribution in [2.75, 3.05) is 13.2 Å². The van der Waals surface area contributed by atoms with Crippen LogP contribution in [0.4, 0.5) is 0 Å². The number of esters is 2. The highest BCUT2D eigenvalue weighted by Crippen LogP contribution is 2.04. The fourth-order valence-electron chi connectivity index (χ4n) is 1.16. The van der Waals surface area contributed by atoms with Crippen LogP contribution in [0.25, 0.3) is 0 Å². The standard InChI is InChI=1S/C13H16O4/c1-3-12(14)16-8-9-17-13(15)11-6-4-10(2)5-7-11/h4-7H,3,8-9H2,1-2H3. The summed E-state index contributed by atoms with van der Waals surface area (Å²) in [7, 11) is 0. The molecule has 1 aromatic rings. The van der Waals surface area contributed by atoms with Gasteiger partial charge in [0.1, 0.15) is 13.2 Å². The highest BCUT2D eigenvalue weighted by Gasteiger charge is 2.06. The lowest BCUT2D eigenvalue weighted by molar-refractivity contribution is -0.144. The van der Waals surface area contributed by atoms with Crippen LogP contribution in [-0.4, -0.2) is 25.2 Å². The van der Waals surface area contributed by atoms with E-state index in [1.54, 1.807) is 19.1 Å². The van der Waals surface area contributed by atoms with Gasteiger partial charge >= 0.3 is 11.9 Å². The first-order chi connectivity index (χ1) is 8.13. The Hall–Kier alpha value is -1.84. The van der Waals surface area contributed by atoms with Crippen LogP contribution in [0.5, 0.6) is 0 Å². The minimum Gasteiger partial charge on any atom is -0.462 e. The molecule has 0 unspecified atom stereocenters. The fourth-order valence-corrected chi connectivity index (χ4v) is 1.16. The van der Waals surface area contributed by atoms with Gasteiger partial charge in [0, 0.05) is 6.42 Å². The largest absolute Gasteiger partial charge is 0.462 e. The summed E-state index contributed by atoms with van der Waals surface area (Å²) in [6, 6.07) is 7.09. The van der Waals surface area contributed by atoms with Crippen LogP contribution in [0.2, 0.25) is 0 Å². The third kappa shape index (κ3) is 4.68. The van der Waals surface area contributed by atoms with Gasteiger partial charge in [0.15, 0.2) is 0 Å². The van der Waals surface area contributed by atoms with E-state index in [1.807, 2.05) is 19.1 Å². The Morgan fingerprint density at radius 3 is 2.24 bits per heavy atom. The molecule has 92 valence electrons. The first-order valence-corrected chi connectivity index (χ1v) is 5.53. The summed E-state index contributed by atoms with van der Waals surface area (Å²) >= 11 is 0. The highest BCUT2D eigenvalue weighted by molar-refractivity contribution is 5.89. The minimum atomic E-state index is -0.405. The second kappa shape index (κ2) is 6.68. The summed E-state index contributed by atoms with van der Waals surface area (Å²) in [5.41, 5.74) is 1.58. The fraction of sp³-hybridized carbons (Fsp3) is 0.385. The Labute approximate surface area is 101 Å². The monoisotopic (exact) mass is 236 g/mol. The van der Waals surface area contributed by atoms with E-state index in [0.29, 0.717) is 12.0 Å². The Bertz CT molecular complexity index is 381. The average Bonchev–Trinajstić information content (AvgIpc) is 2.34. The third-order valence-electron chi connectivity index (χ3n) is 2.16. The molecule has 0 bridgehead atoms. The number of carbonyl (C=O) groups excluding carboxylic acids is 2. The first-order valence-electron chi connectivity index (χ1n) is 5.53. The van der Waals surface area contributed by atoms with E-state index < -0.39 is 5.97 Å². The number of hydrogen-bond acceptors (Lipinski definition) is 4. The van der Waals surface area contributed by atoms with Crippen molar-refractivity contribution in [1.82, 2.24) is 0 Å². The van der Waals surface area contributed by atoms with Gasteiger partial charge in [-0.1, -0.05) is 24.6 Å². The molecule has 0 saturated heterocycles. The maximum atomic E-state index is 11.5. The molecule has 0 spiro atoms. The van der Waals surface area contributed by atoms with Gasteiger partial charge in [-0.25, -0.2) is 4.79 Å². The molecule has 1 rings (SSSR count). The maximum Gasteiger partial charge on any atom is 0.338 e. The van der Waals surface area contributed by atoms with Crippen molar-refractivity contribution in [3.63, 3.8) is 0 Å². The molecule has 4 nitrogen and oxygen atoms in total. The van der Waals surface area contributed by atoms with Crippen molar-refractivity contribution >= 4 is 11.9 Å². The number of aryl methyl sites for hydroxylation is 1. The normalized spacial score (nSPS) is 9.76. The zero-order chi connectivity index (χ0) is 12.7. The molecule has 0 saturated carbocycles. The molecule has 4 heteroatoms. The van der Waals surface area contributed by atoms with Gasteiger partial charge in [-0.15, -0.1) is 0 Å². The van der Waals surface area contributed by atoms with Crippen LogP contribution in [0.1, 0.15) is 29.3 Å². The lowest BCUT2D eigenvalue weighted by atomic mass is 10.1. The summed E-state index contributed by atoms with van der Waals surface area (Å²) in [4.78, 5) is 22.3. The van der Waals surface area contributed by atoms with Crippen LogP contribution in [0.15, 0.2) is 24.3 Å².